The average Bonchev–Trinajstić information content (AvgIpc) is 2.96. The van der Waals surface area contributed by atoms with Crippen LogP contribution in [0.1, 0.15) is 17.3 Å². The molecule has 1 heterocycles. The number of halogens is 2. The summed E-state index contributed by atoms with van der Waals surface area (Å²) >= 11 is 7.13. The molecule has 0 aliphatic heterocycles. The van der Waals surface area contributed by atoms with E-state index >= 15 is 0 Å². The van der Waals surface area contributed by atoms with Gasteiger partial charge in [-0.25, -0.2) is 9.37 Å². The van der Waals surface area contributed by atoms with E-state index in [9.17, 15) is 14.0 Å². The molecule has 0 saturated carbocycles. The topological polar surface area (TPSA) is 71.1 Å². The molecule has 2 amide bonds. The lowest BCUT2D eigenvalue weighted by molar-refractivity contribution is -0.117. The molecule has 3 rings (SSSR count). The van der Waals surface area contributed by atoms with E-state index in [4.69, 9.17) is 11.6 Å². The van der Waals surface area contributed by atoms with Crippen LogP contribution < -0.4 is 10.6 Å². The zero-order chi connectivity index (χ0) is 18.0. The van der Waals surface area contributed by atoms with Gasteiger partial charge in [-0.3, -0.25) is 9.59 Å². The van der Waals surface area contributed by atoms with Gasteiger partial charge in [0.1, 0.15) is 11.9 Å². The van der Waals surface area contributed by atoms with E-state index < -0.39 is 17.9 Å². The van der Waals surface area contributed by atoms with Crippen LogP contribution in [0, 0.1) is 5.82 Å². The van der Waals surface area contributed by atoms with Crippen LogP contribution in [-0.4, -0.2) is 22.8 Å². The predicted octanol–water partition coefficient (Wildman–Crippen LogP) is 3.85. The van der Waals surface area contributed by atoms with Gasteiger partial charge in [0.05, 0.1) is 20.8 Å². The van der Waals surface area contributed by atoms with Gasteiger partial charge in [0.2, 0.25) is 5.91 Å². The number of carbonyl (C=O) groups excluding carboxylic acids is 2. The summed E-state index contributed by atoms with van der Waals surface area (Å²) in [5.41, 5.74) is 0.883. The van der Waals surface area contributed by atoms with Crippen LogP contribution in [0.4, 0.5) is 9.52 Å². The fourth-order valence-electron chi connectivity index (χ4n) is 2.15. The van der Waals surface area contributed by atoms with Crippen molar-refractivity contribution in [1.82, 2.24) is 10.3 Å². The fraction of sp³-hybridized carbons (Fsp3) is 0.118. The summed E-state index contributed by atoms with van der Waals surface area (Å²) in [6, 6.07) is 9.97. The number of hydrogen-bond donors (Lipinski definition) is 2. The van der Waals surface area contributed by atoms with Crippen molar-refractivity contribution in [3.8, 4) is 0 Å². The van der Waals surface area contributed by atoms with Gasteiger partial charge in [-0.2, -0.15) is 0 Å². The monoisotopic (exact) mass is 377 g/mol. The molecule has 0 aliphatic rings. The molecule has 2 aromatic carbocycles. The molecule has 0 unspecified atom stereocenters. The van der Waals surface area contributed by atoms with Crippen molar-refractivity contribution in [3.05, 3.63) is 58.9 Å². The van der Waals surface area contributed by atoms with Gasteiger partial charge in [-0.1, -0.05) is 35.1 Å². The summed E-state index contributed by atoms with van der Waals surface area (Å²) in [7, 11) is 0. The summed E-state index contributed by atoms with van der Waals surface area (Å²) in [4.78, 5) is 28.6. The highest BCUT2D eigenvalue weighted by molar-refractivity contribution is 7.22. The molecule has 0 aliphatic carbocycles. The standard InChI is InChI=1S/C17H13ClFN3O2S/c1-9(20-16(24)11-4-2-3-5-12(11)18)15(23)22-17-21-13-7-6-10(19)8-14(13)25-17/h2-9H,1H3,(H,20,24)(H,21,22,23)/t9-/m0/s1. The number of nitrogens with one attached hydrogen (secondary N) is 2. The van der Waals surface area contributed by atoms with Crippen LogP contribution in [-0.2, 0) is 4.79 Å². The van der Waals surface area contributed by atoms with Crippen molar-refractivity contribution in [2.75, 3.05) is 5.32 Å². The SMILES string of the molecule is C[C@H](NC(=O)c1ccccc1Cl)C(=O)Nc1nc2ccc(F)cc2s1. The van der Waals surface area contributed by atoms with E-state index in [0.717, 1.165) is 11.3 Å². The van der Waals surface area contributed by atoms with E-state index in [0.29, 0.717) is 25.9 Å². The molecule has 0 saturated heterocycles. The Bertz CT molecular complexity index is 960. The Labute approximate surface area is 151 Å². The third-order valence-electron chi connectivity index (χ3n) is 3.44. The lowest BCUT2D eigenvalue weighted by Gasteiger charge is -2.13. The number of carbonyl (C=O) groups is 2. The van der Waals surface area contributed by atoms with Crippen LogP contribution in [0.5, 0.6) is 0 Å². The van der Waals surface area contributed by atoms with Gasteiger partial charge in [-0.05, 0) is 37.3 Å². The predicted molar refractivity (Wildman–Crippen MR) is 96.6 cm³/mol. The molecule has 1 atom stereocenters. The highest BCUT2D eigenvalue weighted by atomic mass is 35.5. The van der Waals surface area contributed by atoms with Crippen LogP contribution >= 0.6 is 22.9 Å². The van der Waals surface area contributed by atoms with E-state index in [-0.39, 0.29) is 5.82 Å². The maximum Gasteiger partial charge on any atom is 0.253 e. The molecule has 0 spiro atoms. The Morgan fingerprint density at radius 2 is 2.00 bits per heavy atom. The smallest absolute Gasteiger partial charge is 0.253 e. The quantitative estimate of drug-likeness (QED) is 0.725. The second-order valence-corrected chi connectivity index (χ2v) is 6.73. The number of anilines is 1. The van der Waals surface area contributed by atoms with Crippen LogP contribution in [0.3, 0.4) is 0 Å². The van der Waals surface area contributed by atoms with Crippen molar-refractivity contribution in [2.45, 2.75) is 13.0 Å². The van der Waals surface area contributed by atoms with Gasteiger partial charge in [0.25, 0.3) is 5.91 Å². The van der Waals surface area contributed by atoms with E-state index in [1.165, 1.54) is 12.1 Å². The van der Waals surface area contributed by atoms with E-state index in [1.807, 2.05) is 0 Å². The molecular weight excluding hydrogens is 365 g/mol. The second kappa shape index (κ2) is 7.16. The van der Waals surface area contributed by atoms with Gasteiger partial charge in [-0.15, -0.1) is 0 Å². The Hall–Kier alpha value is -2.51. The Morgan fingerprint density at radius 1 is 1.24 bits per heavy atom. The van der Waals surface area contributed by atoms with Crippen LogP contribution in [0.25, 0.3) is 10.2 Å². The maximum atomic E-state index is 13.2. The molecule has 8 heteroatoms. The second-order valence-electron chi connectivity index (χ2n) is 5.30. The Balaban J connectivity index is 1.67. The zero-order valence-corrected chi connectivity index (χ0v) is 14.6. The first-order chi connectivity index (χ1) is 11.9. The number of thiazole rings is 1. The Kier molecular flexibility index (Phi) is 4.96. The number of hydrogen-bond acceptors (Lipinski definition) is 4. The fourth-order valence-corrected chi connectivity index (χ4v) is 3.27. The van der Waals surface area contributed by atoms with Crippen LogP contribution in [0.2, 0.25) is 5.02 Å². The molecule has 1 aromatic heterocycles. The molecule has 0 bridgehead atoms. The highest BCUT2D eigenvalue weighted by Crippen LogP contribution is 2.26. The first-order valence-corrected chi connectivity index (χ1v) is 8.56. The molecule has 25 heavy (non-hydrogen) atoms. The highest BCUT2D eigenvalue weighted by Gasteiger charge is 2.19. The molecule has 3 aromatic rings. The lowest BCUT2D eigenvalue weighted by atomic mass is 10.2. The molecule has 5 nitrogen and oxygen atoms in total. The number of fused-ring (bicyclic) bond motifs is 1. The largest absolute Gasteiger partial charge is 0.340 e. The van der Waals surface area contributed by atoms with E-state index in [1.54, 1.807) is 37.3 Å². The van der Waals surface area contributed by atoms with Crippen molar-refractivity contribution in [3.63, 3.8) is 0 Å². The van der Waals surface area contributed by atoms with Gasteiger partial charge in [0, 0.05) is 0 Å². The van der Waals surface area contributed by atoms with Crippen LogP contribution in [0.15, 0.2) is 42.5 Å². The summed E-state index contributed by atoms with van der Waals surface area (Å²) < 4.78 is 13.8. The number of rotatable bonds is 4. The molecule has 128 valence electrons. The minimum absolute atomic E-state index is 0.291. The first kappa shape index (κ1) is 17.3. The number of nitrogens with zero attached hydrogens (tertiary/aromatic N) is 1. The summed E-state index contributed by atoms with van der Waals surface area (Å²) in [5, 5.41) is 5.85. The number of amides is 2. The normalized spacial score (nSPS) is 12.0. The summed E-state index contributed by atoms with van der Waals surface area (Å²) in [5.74, 6) is -1.24. The molecule has 0 radical (unpaired) electrons. The van der Waals surface area contributed by atoms with Gasteiger partial charge >= 0.3 is 0 Å². The minimum atomic E-state index is -0.799. The lowest BCUT2D eigenvalue weighted by Crippen LogP contribution is -2.41. The average molecular weight is 378 g/mol. The van der Waals surface area contributed by atoms with Crippen molar-refractivity contribution >= 4 is 50.1 Å². The maximum absolute atomic E-state index is 13.2. The molecular formula is C17H13ClFN3O2S. The number of aromatic nitrogens is 1. The first-order valence-electron chi connectivity index (χ1n) is 7.36. The van der Waals surface area contributed by atoms with E-state index in [2.05, 4.69) is 15.6 Å². The van der Waals surface area contributed by atoms with Crippen molar-refractivity contribution in [1.29, 1.82) is 0 Å². The molecule has 2 N–H and O–H groups in total. The number of benzene rings is 2. The minimum Gasteiger partial charge on any atom is -0.340 e. The Morgan fingerprint density at radius 3 is 2.76 bits per heavy atom. The van der Waals surface area contributed by atoms with Crippen molar-refractivity contribution < 1.29 is 14.0 Å². The van der Waals surface area contributed by atoms with Crippen molar-refractivity contribution in [2.24, 2.45) is 0 Å². The zero-order valence-electron chi connectivity index (χ0n) is 13.0. The van der Waals surface area contributed by atoms with Gasteiger partial charge < -0.3 is 10.6 Å². The summed E-state index contributed by atoms with van der Waals surface area (Å²) in [6.07, 6.45) is 0. The molecule has 0 fully saturated rings. The van der Waals surface area contributed by atoms with Gasteiger partial charge in [0.15, 0.2) is 5.13 Å². The third-order valence-corrected chi connectivity index (χ3v) is 4.70. The summed E-state index contributed by atoms with van der Waals surface area (Å²) in [6.45, 7) is 1.55. The third kappa shape index (κ3) is 3.94.